The van der Waals surface area contributed by atoms with Crippen molar-refractivity contribution in [3.8, 4) is 6.07 Å². The van der Waals surface area contributed by atoms with Crippen LogP contribution in [0.4, 0.5) is 0 Å². The SMILES string of the molecule is Cn1cc(C2=C3C4CC(C)(C)C[C@@H](C(=O)O)C4CCC3(C)C3(C)CCC4C(C)(C)C(=O)C(C#N)CC4(C)C3C2)cn1. The topological polar surface area (TPSA) is 96.0 Å². The molecule has 1 N–H and O–H groups in total. The summed E-state index contributed by atoms with van der Waals surface area (Å²) in [4.78, 5) is 26.2. The Morgan fingerprint density at radius 2 is 1.76 bits per heavy atom. The van der Waals surface area contributed by atoms with Gasteiger partial charge in [0, 0.05) is 24.2 Å². The van der Waals surface area contributed by atoms with E-state index in [-0.39, 0.29) is 51.1 Å². The Bertz CT molecular complexity index is 1380. The highest BCUT2D eigenvalue weighted by atomic mass is 16.4. The Morgan fingerprint density at radius 3 is 2.37 bits per heavy atom. The van der Waals surface area contributed by atoms with Crippen LogP contribution in [0.1, 0.15) is 105 Å². The van der Waals surface area contributed by atoms with Crippen molar-refractivity contribution in [1.29, 1.82) is 5.26 Å². The van der Waals surface area contributed by atoms with E-state index in [2.05, 4.69) is 65.8 Å². The van der Waals surface area contributed by atoms with Crippen LogP contribution in [0.3, 0.4) is 0 Å². The van der Waals surface area contributed by atoms with E-state index in [9.17, 15) is 20.0 Å². The third-order valence-electron chi connectivity index (χ3n) is 13.8. The van der Waals surface area contributed by atoms with E-state index in [1.54, 1.807) is 0 Å². The lowest BCUT2D eigenvalue weighted by Gasteiger charge is -2.71. The van der Waals surface area contributed by atoms with Crippen molar-refractivity contribution in [3.05, 3.63) is 23.5 Å². The Hall–Kier alpha value is -2.42. The van der Waals surface area contributed by atoms with Crippen LogP contribution in [0.2, 0.25) is 0 Å². The van der Waals surface area contributed by atoms with Gasteiger partial charge in [0.25, 0.3) is 0 Å². The molecule has 4 saturated carbocycles. The molecule has 0 amide bonds. The summed E-state index contributed by atoms with van der Waals surface area (Å²) < 4.78 is 1.89. The van der Waals surface area contributed by atoms with E-state index in [0.717, 1.165) is 44.9 Å². The van der Waals surface area contributed by atoms with Gasteiger partial charge in [0.2, 0.25) is 0 Å². The second-order valence-corrected chi connectivity index (χ2v) is 16.7. The van der Waals surface area contributed by atoms with Crippen LogP contribution in [0.25, 0.3) is 5.57 Å². The van der Waals surface area contributed by atoms with Gasteiger partial charge in [-0.3, -0.25) is 14.3 Å². The minimum Gasteiger partial charge on any atom is -0.481 e. The number of rotatable bonds is 2. The number of aromatic nitrogens is 2. The minimum absolute atomic E-state index is 0.00104. The van der Waals surface area contributed by atoms with Crippen molar-refractivity contribution in [2.24, 2.45) is 69.6 Å². The normalized spacial score (nSPS) is 44.6. The number of hydrogen-bond donors (Lipinski definition) is 1. The number of Topliss-reactive ketones (excluding diaryl/α,β-unsaturated/α-hetero) is 1. The van der Waals surface area contributed by atoms with Crippen LogP contribution in [0.5, 0.6) is 0 Å². The third kappa shape index (κ3) is 3.75. The molecule has 8 unspecified atom stereocenters. The quantitative estimate of drug-likeness (QED) is 0.410. The first-order chi connectivity index (χ1) is 19.0. The summed E-state index contributed by atoms with van der Waals surface area (Å²) in [7, 11) is 1.97. The second-order valence-electron chi connectivity index (χ2n) is 16.7. The number of ketones is 1. The molecule has 1 heterocycles. The van der Waals surface area contributed by atoms with Gasteiger partial charge in [0.05, 0.1) is 18.2 Å². The van der Waals surface area contributed by atoms with Crippen LogP contribution in [0, 0.1) is 73.9 Å². The van der Waals surface area contributed by atoms with Gasteiger partial charge in [-0.15, -0.1) is 0 Å². The van der Waals surface area contributed by atoms with E-state index >= 15 is 0 Å². The number of carboxylic acids is 1. The summed E-state index contributed by atoms with van der Waals surface area (Å²) in [5, 5.41) is 25.1. The van der Waals surface area contributed by atoms with Crippen molar-refractivity contribution in [2.45, 2.75) is 99.8 Å². The monoisotopic (exact) mass is 559 g/mol. The Balaban J connectivity index is 1.58. The number of carbonyl (C=O) groups is 2. The highest BCUT2D eigenvalue weighted by Crippen LogP contribution is 2.76. The predicted octanol–water partition coefficient (Wildman–Crippen LogP) is 7.31. The van der Waals surface area contributed by atoms with Crippen molar-refractivity contribution in [2.75, 3.05) is 0 Å². The number of aryl methyl sites for hydroxylation is 1. The Labute approximate surface area is 246 Å². The molecule has 0 aliphatic heterocycles. The maximum Gasteiger partial charge on any atom is 0.306 e. The lowest BCUT2D eigenvalue weighted by Crippen LogP contribution is -2.65. The molecule has 0 spiro atoms. The molecule has 0 bridgehead atoms. The standard InChI is InChI=1S/C35H49N3O3/c1-31(2)15-24-22(25(16-31)30(40)41)9-11-35(7)28(24)23(21-18-37-38(8)19-21)13-27-33(5)14-20(17-36)29(39)32(3,4)26(33)10-12-34(27,35)6/h18-20,22,24-27H,9-16H2,1-8H3,(H,40,41)/t20?,22?,24?,25-,26?,27?,33?,34?,35?/m1/s1. The maximum atomic E-state index is 13.5. The molecule has 9 atom stereocenters. The van der Waals surface area contributed by atoms with Crippen molar-refractivity contribution < 1.29 is 14.7 Å². The number of allylic oxidation sites excluding steroid dienone is 2. The first kappa shape index (κ1) is 28.7. The number of carboxylic acid groups (broad SMARTS) is 1. The van der Waals surface area contributed by atoms with Crippen molar-refractivity contribution in [1.82, 2.24) is 9.78 Å². The molecule has 5 aliphatic rings. The number of fused-ring (bicyclic) bond motifs is 7. The number of nitrogens with zero attached hydrogens (tertiary/aromatic N) is 3. The van der Waals surface area contributed by atoms with Gasteiger partial charge in [-0.1, -0.05) is 54.0 Å². The maximum absolute atomic E-state index is 13.5. The number of nitriles is 1. The lowest BCUT2D eigenvalue weighted by molar-refractivity contribution is -0.186. The molecule has 5 aliphatic carbocycles. The van der Waals surface area contributed by atoms with E-state index < -0.39 is 17.3 Å². The summed E-state index contributed by atoms with van der Waals surface area (Å²) in [5.74, 6) is -0.400. The Morgan fingerprint density at radius 1 is 1.05 bits per heavy atom. The van der Waals surface area contributed by atoms with Gasteiger partial charge in [-0.05, 0) is 102 Å². The molecule has 41 heavy (non-hydrogen) atoms. The first-order valence-corrected chi connectivity index (χ1v) is 15.9. The second kappa shape index (κ2) is 8.80. The summed E-state index contributed by atoms with van der Waals surface area (Å²) in [6.45, 7) is 16.1. The van der Waals surface area contributed by atoms with Gasteiger partial charge in [-0.25, -0.2) is 0 Å². The summed E-state index contributed by atoms with van der Waals surface area (Å²) >= 11 is 0. The minimum atomic E-state index is -0.635. The molecule has 0 saturated heterocycles. The van der Waals surface area contributed by atoms with E-state index in [4.69, 9.17) is 0 Å². The Kier molecular flexibility index (Phi) is 6.16. The molecule has 6 rings (SSSR count). The molecular formula is C35H49N3O3. The van der Waals surface area contributed by atoms with Crippen LogP contribution in [-0.4, -0.2) is 26.6 Å². The molecule has 6 heteroatoms. The number of carbonyl (C=O) groups excluding carboxylic acids is 1. The van der Waals surface area contributed by atoms with Gasteiger partial charge in [-0.2, -0.15) is 10.4 Å². The third-order valence-corrected chi connectivity index (χ3v) is 13.8. The summed E-state index contributed by atoms with van der Waals surface area (Å²) in [6, 6.07) is 2.42. The predicted molar refractivity (Wildman–Crippen MR) is 158 cm³/mol. The van der Waals surface area contributed by atoms with Crippen molar-refractivity contribution in [3.63, 3.8) is 0 Å². The van der Waals surface area contributed by atoms with Gasteiger partial charge in [0.15, 0.2) is 5.78 Å². The van der Waals surface area contributed by atoms with Gasteiger partial charge >= 0.3 is 5.97 Å². The van der Waals surface area contributed by atoms with Crippen LogP contribution in [-0.2, 0) is 16.6 Å². The molecule has 0 radical (unpaired) electrons. The van der Waals surface area contributed by atoms with E-state index in [0.29, 0.717) is 12.3 Å². The van der Waals surface area contributed by atoms with E-state index in [1.165, 1.54) is 16.7 Å². The first-order valence-electron chi connectivity index (χ1n) is 15.9. The summed E-state index contributed by atoms with van der Waals surface area (Å²) in [5.41, 5.74) is 3.29. The molecule has 6 nitrogen and oxygen atoms in total. The fraction of sp³-hybridized carbons (Fsp3) is 0.771. The largest absolute Gasteiger partial charge is 0.481 e. The zero-order valence-electron chi connectivity index (χ0n) is 26.4. The molecule has 1 aromatic rings. The number of hydrogen-bond acceptors (Lipinski definition) is 4. The highest BCUT2D eigenvalue weighted by molar-refractivity contribution is 5.90. The smallest absolute Gasteiger partial charge is 0.306 e. The molecule has 1 aromatic heterocycles. The lowest BCUT2D eigenvalue weighted by atomic mass is 9.33. The molecule has 222 valence electrons. The highest BCUT2D eigenvalue weighted by Gasteiger charge is 2.69. The van der Waals surface area contributed by atoms with E-state index in [1.807, 2.05) is 17.9 Å². The molecule has 0 aromatic carbocycles. The van der Waals surface area contributed by atoms with Crippen LogP contribution >= 0.6 is 0 Å². The molecular weight excluding hydrogens is 510 g/mol. The van der Waals surface area contributed by atoms with Crippen LogP contribution in [0.15, 0.2) is 18.0 Å². The van der Waals surface area contributed by atoms with Gasteiger partial charge in [0.1, 0.15) is 5.92 Å². The van der Waals surface area contributed by atoms with Crippen LogP contribution < -0.4 is 0 Å². The average Bonchev–Trinajstić information content (AvgIpc) is 3.31. The zero-order valence-corrected chi connectivity index (χ0v) is 26.4. The zero-order chi connectivity index (χ0) is 29.9. The fourth-order valence-corrected chi connectivity index (χ4v) is 11.9. The number of aliphatic carboxylic acids is 1. The fourth-order valence-electron chi connectivity index (χ4n) is 11.9. The summed E-state index contributed by atoms with van der Waals surface area (Å²) in [6.07, 6.45) is 11.5. The molecule has 4 fully saturated rings. The van der Waals surface area contributed by atoms with Gasteiger partial charge < -0.3 is 5.11 Å². The average molecular weight is 560 g/mol. The van der Waals surface area contributed by atoms with Crippen molar-refractivity contribution >= 4 is 17.3 Å².